The Morgan fingerprint density at radius 2 is 2.06 bits per heavy atom. The Labute approximate surface area is 201 Å². The first-order chi connectivity index (χ1) is 16.2. The quantitative estimate of drug-likeness (QED) is 0.245. The lowest BCUT2D eigenvalue weighted by Gasteiger charge is -2.39. The zero-order chi connectivity index (χ0) is 24.5. The van der Waals surface area contributed by atoms with E-state index in [2.05, 4.69) is 65.6 Å². The van der Waals surface area contributed by atoms with Crippen molar-refractivity contribution < 1.29 is 9.53 Å². The topological polar surface area (TPSA) is 104 Å². The molecule has 0 radical (unpaired) electrons. The summed E-state index contributed by atoms with van der Waals surface area (Å²) < 4.78 is 9.35. The molecule has 0 spiro atoms. The van der Waals surface area contributed by atoms with Crippen LogP contribution in [0.4, 0.5) is 5.82 Å². The van der Waals surface area contributed by atoms with Crippen LogP contribution in [0.3, 0.4) is 0 Å². The minimum Gasteiger partial charge on any atom is -0.360 e. The van der Waals surface area contributed by atoms with Crippen molar-refractivity contribution in [2.45, 2.75) is 78.1 Å². The third-order valence-corrected chi connectivity index (χ3v) is 7.69. The van der Waals surface area contributed by atoms with Crippen LogP contribution in [0.1, 0.15) is 55.4 Å². The van der Waals surface area contributed by atoms with Gasteiger partial charge in [-0.25, -0.2) is 14.6 Å². The summed E-state index contributed by atoms with van der Waals surface area (Å²) in [4.78, 5) is 24.7. The Balaban J connectivity index is 1.53. The summed E-state index contributed by atoms with van der Waals surface area (Å²) in [7, 11) is -1.17. The van der Waals surface area contributed by atoms with Gasteiger partial charge in [-0.3, -0.25) is 9.36 Å². The zero-order valence-electron chi connectivity index (χ0n) is 20.9. The van der Waals surface area contributed by atoms with Gasteiger partial charge in [0.2, 0.25) is 0 Å². The minimum absolute atomic E-state index is 0.0585. The number of anilines is 1. The third kappa shape index (κ3) is 4.95. The molecule has 0 saturated heterocycles. The predicted molar refractivity (Wildman–Crippen MR) is 132 cm³/mol. The van der Waals surface area contributed by atoms with Gasteiger partial charge in [0, 0.05) is 26.9 Å². The molecule has 0 bridgehead atoms. The predicted octanol–water partition coefficient (Wildman–Crippen LogP) is 3.67. The van der Waals surface area contributed by atoms with E-state index in [-0.39, 0.29) is 31.0 Å². The number of fused-ring (bicyclic) bond motifs is 3. The molecule has 0 amide bonds. The van der Waals surface area contributed by atoms with Crippen molar-refractivity contribution in [2.75, 3.05) is 11.5 Å². The molecule has 1 atom stereocenters. The molecule has 34 heavy (non-hydrogen) atoms. The summed E-state index contributed by atoms with van der Waals surface area (Å²) in [6.45, 7) is 14.3. The van der Waals surface area contributed by atoms with E-state index in [9.17, 15) is 4.79 Å². The maximum atomic E-state index is 13.1. The maximum absolute atomic E-state index is 13.1. The van der Waals surface area contributed by atoms with Crippen molar-refractivity contribution in [3.8, 4) is 5.69 Å². The molecule has 0 unspecified atom stereocenters. The molecule has 11 heteroatoms. The van der Waals surface area contributed by atoms with E-state index < -0.39 is 8.07 Å². The van der Waals surface area contributed by atoms with Gasteiger partial charge >= 0.3 is 0 Å². The number of nitrogens with zero attached hydrogens (tertiary/aromatic N) is 8. The van der Waals surface area contributed by atoms with Crippen molar-refractivity contribution in [3.05, 3.63) is 42.1 Å². The Morgan fingerprint density at radius 3 is 2.76 bits per heavy atom. The summed E-state index contributed by atoms with van der Waals surface area (Å²) in [5.41, 5.74) is 1.33. The smallest absolute Gasteiger partial charge is 0.188 e. The first-order valence-corrected chi connectivity index (χ1v) is 15.6. The van der Waals surface area contributed by atoms with Crippen molar-refractivity contribution in [1.29, 1.82) is 0 Å². The van der Waals surface area contributed by atoms with Crippen LogP contribution in [0.5, 0.6) is 0 Å². The van der Waals surface area contributed by atoms with E-state index in [0.29, 0.717) is 18.1 Å². The number of ketones is 1. The largest absolute Gasteiger partial charge is 0.360 e. The van der Waals surface area contributed by atoms with Crippen LogP contribution in [-0.4, -0.2) is 61.0 Å². The van der Waals surface area contributed by atoms with E-state index >= 15 is 0 Å². The number of carbonyl (C=O) groups is 1. The highest BCUT2D eigenvalue weighted by molar-refractivity contribution is 6.76. The molecular formula is C23H34N8O2Si. The summed E-state index contributed by atoms with van der Waals surface area (Å²) >= 11 is 0. The Morgan fingerprint density at radius 1 is 1.26 bits per heavy atom. The van der Waals surface area contributed by atoms with Crippen LogP contribution in [0.15, 0.2) is 24.8 Å². The Kier molecular flexibility index (Phi) is 6.94. The lowest BCUT2D eigenvalue weighted by Crippen LogP contribution is -2.40. The lowest BCUT2D eigenvalue weighted by molar-refractivity contribution is 0.0730. The summed E-state index contributed by atoms with van der Waals surface area (Å²) in [6, 6.07) is 3.05. The van der Waals surface area contributed by atoms with Gasteiger partial charge < -0.3 is 9.64 Å². The van der Waals surface area contributed by atoms with E-state index in [1.807, 2.05) is 4.57 Å². The molecule has 1 aliphatic heterocycles. The number of aromatic nitrogens is 7. The fourth-order valence-corrected chi connectivity index (χ4v) is 4.95. The summed E-state index contributed by atoms with van der Waals surface area (Å²) in [6.07, 6.45) is 6.04. The van der Waals surface area contributed by atoms with Crippen LogP contribution >= 0.6 is 0 Å². The second-order valence-electron chi connectivity index (χ2n) is 10.1. The molecule has 1 aliphatic rings. The zero-order valence-corrected chi connectivity index (χ0v) is 21.9. The standard InChI is InChI=1S/C23H34N8O2Si/c1-7-17-23-28-25-14-29(23)19-13-24-21(27-22(19)31(17)16(2)3)12-20(32)18-8-9-26-30(18)15-33-10-11-34(4,5)6/h8-9,13-14,16-17H,7,10-12,15H2,1-6H3/t17-/m1/s1. The second kappa shape index (κ2) is 9.75. The normalized spacial score (nSPS) is 15.5. The van der Waals surface area contributed by atoms with E-state index in [1.54, 1.807) is 29.5 Å². The van der Waals surface area contributed by atoms with E-state index in [4.69, 9.17) is 9.72 Å². The maximum Gasteiger partial charge on any atom is 0.188 e. The summed E-state index contributed by atoms with van der Waals surface area (Å²) in [5.74, 6) is 2.08. The molecule has 10 nitrogen and oxygen atoms in total. The first-order valence-electron chi connectivity index (χ1n) is 11.9. The fourth-order valence-electron chi connectivity index (χ4n) is 4.20. The second-order valence-corrected chi connectivity index (χ2v) is 15.8. The van der Waals surface area contributed by atoms with Gasteiger partial charge in [0.25, 0.3) is 0 Å². The van der Waals surface area contributed by atoms with Crippen molar-refractivity contribution in [2.24, 2.45) is 0 Å². The number of Topliss-reactive ketones (excluding diaryl/α,β-unsaturated/α-hetero) is 1. The van der Waals surface area contributed by atoms with E-state index in [0.717, 1.165) is 29.8 Å². The molecule has 0 saturated carbocycles. The van der Waals surface area contributed by atoms with Gasteiger partial charge in [-0.15, -0.1) is 10.2 Å². The molecule has 4 rings (SSSR count). The number of hydrogen-bond acceptors (Lipinski definition) is 8. The number of ether oxygens (including phenoxy) is 1. The molecule has 0 aliphatic carbocycles. The first kappa shape index (κ1) is 24.2. The molecule has 0 N–H and O–H groups in total. The number of rotatable bonds is 10. The fraction of sp³-hybridized carbons (Fsp3) is 0.565. The molecule has 4 heterocycles. The van der Waals surface area contributed by atoms with Gasteiger partial charge in [-0.1, -0.05) is 26.6 Å². The van der Waals surface area contributed by atoms with Crippen molar-refractivity contribution in [3.63, 3.8) is 0 Å². The molecule has 0 aromatic carbocycles. The van der Waals surface area contributed by atoms with Crippen LogP contribution < -0.4 is 4.90 Å². The summed E-state index contributed by atoms with van der Waals surface area (Å²) in [5, 5.41) is 12.7. The highest BCUT2D eigenvalue weighted by Gasteiger charge is 2.35. The lowest BCUT2D eigenvalue weighted by atomic mass is 10.1. The van der Waals surface area contributed by atoms with Gasteiger partial charge in [-0.05, 0) is 32.4 Å². The van der Waals surface area contributed by atoms with E-state index in [1.165, 1.54) is 0 Å². The van der Waals surface area contributed by atoms with Crippen molar-refractivity contribution in [1.82, 2.24) is 34.5 Å². The van der Waals surface area contributed by atoms with Crippen LogP contribution in [0.25, 0.3) is 5.69 Å². The van der Waals surface area contributed by atoms with Crippen LogP contribution in [0, 0.1) is 0 Å². The molecule has 3 aromatic rings. The number of hydrogen-bond donors (Lipinski definition) is 0. The van der Waals surface area contributed by atoms with Crippen molar-refractivity contribution >= 4 is 19.7 Å². The van der Waals surface area contributed by atoms with Gasteiger partial charge in [0.1, 0.15) is 30.3 Å². The van der Waals surface area contributed by atoms with Crippen LogP contribution in [0.2, 0.25) is 25.7 Å². The average Bonchev–Trinajstić information content (AvgIpc) is 3.44. The Hall–Kier alpha value is -2.92. The molecular weight excluding hydrogens is 448 g/mol. The molecule has 3 aromatic heterocycles. The monoisotopic (exact) mass is 482 g/mol. The molecule has 0 fully saturated rings. The molecule has 182 valence electrons. The third-order valence-electron chi connectivity index (χ3n) is 5.99. The van der Waals surface area contributed by atoms with Crippen LogP contribution in [-0.2, 0) is 17.9 Å². The Bertz CT molecular complexity index is 1150. The average molecular weight is 483 g/mol. The van der Waals surface area contributed by atoms with Gasteiger partial charge in [0.05, 0.1) is 18.7 Å². The minimum atomic E-state index is -1.17. The van der Waals surface area contributed by atoms with Gasteiger partial charge in [-0.2, -0.15) is 5.10 Å². The highest BCUT2D eigenvalue weighted by atomic mass is 28.3. The van der Waals surface area contributed by atoms with Gasteiger partial charge in [0.15, 0.2) is 17.4 Å². The highest BCUT2D eigenvalue weighted by Crippen LogP contribution is 2.38. The number of carbonyl (C=O) groups excluding carboxylic acids is 1. The SMILES string of the molecule is CC[C@@H]1c2nncn2-c2cnc(CC(=O)c3ccnn3COCC[Si](C)(C)C)nc2N1C(C)C.